The number of rotatable bonds is 11. The number of benzene rings is 2. The van der Waals surface area contributed by atoms with Crippen molar-refractivity contribution < 1.29 is 33.8 Å². The van der Waals surface area contributed by atoms with E-state index in [1.807, 2.05) is 0 Å². The van der Waals surface area contributed by atoms with Crippen LogP contribution in [0, 0.1) is 0 Å². The average molecular weight is 596 g/mol. The Kier molecular flexibility index (Phi) is 11.0. The van der Waals surface area contributed by atoms with Gasteiger partial charge < -0.3 is 25.4 Å². The summed E-state index contributed by atoms with van der Waals surface area (Å²) < 4.78 is 4.87. The van der Waals surface area contributed by atoms with Gasteiger partial charge in [0.1, 0.15) is 12.1 Å². The summed E-state index contributed by atoms with van der Waals surface area (Å²) >= 11 is 13.6. The molecule has 0 saturated carbocycles. The smallest absolute Gasteiger partial charge is 0.328 e. The number of esters is 1. The quantitative estimate of drug-likeness (QED) is 0.334. The van der Waals surface area contributed by atoms with Gasteiger partial charge in [-0.05, 0) is 36.2 Å². The number of hydrogen-bond donors (Lipinski definition) is 3. The normalized spacial score (nSPS) is 15.4. The van der Waals surface area contributed by atoms with Crippen LogP contribution in [0.25, 0.3) is 0 Å². The van der Waals surface area contributed by atoms with Gasteiger partial charge in [0, 0.05) is 30.7 Å². The molecule has 2 aromatic rings. The van der Waals surface area contributed by atoms with Crippen LogP contribution in [-0.2, 0) is 30.3 Å². The largest absolute Gasteiger partial charge is 0.481 e. The van der Waals surface area contributed by atoms with Gasteiger partial charge in [0.15, 0.2) is 0 Å². The molecule has 0 aromatic heterocycles. The van der Waals surface area contributed by atoms with E-state index in [2.05, 4.69) is 10.6 Å². The highest BCUT2D eigenvalue weighted by atomic mass is 35.5. The first-order valence-corrected chi connectivity index (χ1v) is 13.8. The highest BCUT2D eigenvalue weighted by molar-refractivity contribution is 7.99. The van der Waals surface area contributed by atoms with Gasteiger partial charge in [-0.15, -0.1) is 11.8 Å². The van der Waals surface area contributed by atoms with Crippen molar-refractivity contribution in [3.8, 4) is 0 Å². The number of amides is 3. The summed E-state index contributed by atoms with van der Waals surface area (Å²) in [6, 6.07) is 9.62. The zero-order valence-corrected chi connectivity index (χ0v) is 23.3. The predicted molar refractivity (Wildman–Crippen MR) is 148 cm³/mol. The molecule has 0 spiro atoms. The van der Waals surface area contributed by atoms with Crippen molar-refractivity contribution in [1.82, 2.24) is 10.2 Å². The Morgan fingerprint density at radius 3 is 2.36 bits per heavy atom. The number of anilines is 1. The second-order valence-electron chi connectivity index (χ2n) is 8.66. The lowest BCUT2D eigenvalue weighted by molar-refractivity contribution is -0.146. The minimum absolute atomic E-state index is 0.0165. The number of nitrogens with one attached hydrogen (secondary N) is 2. The molecular weight excluding hydrogens is 569 g/mol. The Hall–Kier alpha value is -3.28. The van der Waals surface area contributed by atoms with E-state index in [4.69, 9.17) is 33.0 Å². The van der Waals surface area contributed by atoms with Crippen LogP contribution >= 0.6 is 35.0 Å². The molecule has 1 heterocycles. The molecule has 10 nitrogen and oxygen atoms in total. The SMILES string of the molecule is COC(=O)C(Cc1ccc(NC(=O)c2c(Cl)cccc2Cl)cc1)NC(=O)C1CSCN1C(=O)CCCC(=O)O. The molecule has 39 heavy (non-hydrogen) atoms. The molecule has 3 N–H and O–H groups in total. The maximum absolute atomic E-state index is 13.0. The number of carbonyl (C=O) groups excluding carboxylic acids is 4. The number of aliphatic carboxylic acids is 1. The van der Waals surface area contributed by atoms with Crippen LogP contribution in [0.3, 0.4) is 0 Å². The van der Waals surface area contributed by atoms with E-state index in [0.29, 0.717) is 22.9 Å². The highest BCUT2D eigenvalue weighted by Gasteiger charge is 2.36. The van der Waals surface area contributed by atoms with Crippen LogP contribution < -0.4 is 10.6 Å². The van der Waals surface area contributed by atoms with Crippen molar-refractivity contribution in [2.75, 3.05) is 24.1 Å². The Morgan fingerprint density at radius 1 is 1.08 bits per heavy atom. The van der Waals surface area contributed by atoms with Gasteiger partial charge in [-0.25, -0.2) is 4.79 Å². The molecule has 3 amide bonds. The van der Waals surface area contributed by atoms with Crippen LogP contribution in [0.4, 0.5) is 5.69 Å². The van der Waals surface area contributed by atoms with Gasteiger partial charge >= 0.3 is 11.9 Å². The number of ether oxygens (including phenoxy) is 1. The summed E-state index contributed by atoms with van der Waals surface area (Å²) in [6.45, 7) is 0. The first-order valence-electron chi connectivity index (χ1n) is 11.9. The molecule has 13 heteroatoms. The number of carboxylic acids is 1. The predicted octanol–water partition coefficient (Wildman–Crippen LogP) is 3.60. The van der Waals surface area contributed by atoms with E-state index in [-0.39, 0.29) is 47.2 Å². The van der Waals surface area contributed by atoms with Gasteiger partial charge in [-0.3, -0.25) is 19.2 Å². The van der Waals surface area contributed by atoms with E-state index < -0.39 is 35.8 Å². The maximum atomic E-state index is 13.0. The number of carbonyl (C=O) groups is 5. The van der Waals surface area contributed by atoms with Crippen molar-refractivity contribution in [3.63, 3.8) is 0 Å². The summed E-state index contributed by atoms with van der Waals surface area (Å²) in [7, 11) is 1.21. The van der Waals surface area contributed by atoms with Gasteiger partial charge in [0.05, 0.1) is 28.6 Å². The van der Waals surface area contributed by atoms with Crippen molar-refractivity contribution >= 4 is 70.3 Å². The van der Waals surface area contributed by atoms with Gasteiger partial charge in [-0.1, -0.05) is 41.4 Å². The Balaban J connectivity index is 1.63. The fourth-order valence-electron chi connectivity index (χ4n) is 3.91. The topological polar surface area (TPSA) is 142 Å². The van der Waals surface area contributed by atoms with E-state index in [9.17, 15) is 24.0 Å². The minimum Gasteiger partial charge on any atom is -0.481 e. The third-order valence-corrected chi connectivity index (χ3v) is 7.57. The molecule has 1 aliphatic rings. The Morgan fingerprint density at radius 2 is 1.74 bits per heavy atom. The summed E-state index contributed by atoms with van der Waals surface area (Å²) in [4.78, 5) is 62.8. The molecule has 2 atom stereocenters. The lowest BCUT2D eigenvalue weighted by Crippen LogP contribution is -2.52. The zero-order valence-electron chi connectivity index (χ0n) is 20.9. The van der Waals surface area contributed by atoms with E-state index in [1.54, 1.807) is 42.5 Å². The number of hydrogen-bond acceptors (Lipinski definition) is 7. The van der Waals surface area contributed by atoms with Crippen molar-refractivity contribution in [1.29, 1.82) is 0 Å². The van der Waals surface area contributed by atoms with Gasteiger partial charge in [0.25, 0.3) is 5.91 Å². The Labute approximate surface area is 239 Å². The molecule has 0 bridgehead atoms. The monoisotopic (exact) mass is 595 g/mol. The van der Waals surface area contributed by atoms with Crippen LogP contribution in [0.5, 0.6) is 0 Å². The second kappa shape index (κ2) is 14.2. The number of nitrogens with zero attached hydrogens (tertiary/aromatic N) is 1. The minimum atomic E-state index is -1.01. The first kappa shape index (κ1) is 30.3. The number of methoxy groups -OCH3 is 1. The van der Waals surface area contributed by atoms with Crippen molar-refractivity contribution in [3.05, 3.63) is 63.6 Å². The van der Waals surface area contributed by atoms with E-state index in [0.717, 1.165) is 0 Å². The van der Waals surface area contributed by atoms with E-state index in [1.165, 1.54) is 23.8 Å². The fraction of sp³-hybridized carbons (Fsp3) is 0.346. The molecule has 0 aliphatic carbocycles. The summed E-state index contributed by atoms with van der Waals surface area (Å²) in [5, 5.41) is 14.6. The number of thioether (sulfide) groups is 1. The van der Waals surface area contributed by atoms with E-state index >= 15 is 0 Å². The number of carboxylic acid groups (broad SMARTS) is 1. The third kappa shape index (κ3) is 8.35. The lowest BCUT2D eigenvalue weighted by Gasteiger charge is -2.25. The standard InChI is InChI=1S/C26H27Cl2N3O7S/c1-38-26(37)19(30-24(35)20-13-39-14-31(20)21(32)6-3-7-22(33)34)12-15-8-10-16(11-9-15)29-25(36)23-17(27)4-2-5-18(23)28/h2,4-5,8-11,19-20H,3,6-7,12-14H2,1H3,(H,29,36)(H,30,35)(H,33,34). The van der Waals surface area contributed by atoms with Crippen molar-refractivity contribution in [2.45, 2.75) is 37.8 Å². The van der Waals surface area contributed by atoms with Crippen LogP contribution in [0.1, 0.15) is 35.2 Å². The molecule has 1 fully saturated rings. The molecule has 1 aliphatic heterocycles. The van der Waals surface area contributed by atoms with Crippen LogP contribution in [0.2, 0.25) is 10.0 Å². The van der Waals surface area contributed by atoms with Gasteiger partial charge in [0.2, 0.25) is 11.8 Å². The fourth-order valence-corrected chi connectivity index (χ4v) is 5.66. The zero-order chi connectivity index (χ0) is 28.5. The Bertz CT molecular complexity index is 1220. The molecule has 1 saturated heterocycles. The van der Waals surface area contributed by atoms with Gasteiger partial charge in [-0.2, -0.15) is 0 Å². The average Bonchev–Trinajstić information content (AvgIpc) is 3.39. The molecule has 208 valence electrons. The third-order valence-electron chi connectivity index (χ3n) is 5.93. The molecule has 3 rings (SSSR count). The molecule has 2 aromatic carbocycles. The van der Waals surface area contributed by atoms with Crippen LogP contribution in [0.15, 0.2) is 42.5 Å². The maximum Gasteiger partial charge on any atom is 0.328 e. The highest BCUT2D eigenvalue weighted by Crippen LogP contribution is 2.26. The summed E-state index contributed by atoms with van der Waals surface area (Å²) in [5.41, 5.74) is 1.30. The molecule has 2 unspecified atom stereocenters. The summed E-state index contributed by atoms with van der Waals surface area (Å²) in [6.07, 6.45) is 0.165. The van der Waals surface area contributed by atoms with Crippen molar-refractivity contribution in [2.24, 2.45) is 0 Å². The molecular formula is C26H27Cl2N3O7S. The number of halogens is 2. The second-order valence-corrected chi connectivity index (χ2v) is 10.5. The lowest BCUT2D eigenvalue weighted by atomic mass is 10.0. The summed E-state index contributed by atoms with van der Waals surface area (Å²) in [5.74, 6) is -2.27. The first-order chi connectivity index (χ1) is 18.6. The van der Waals surface area contributed by atoms with Crippen LogP contribution in [-0.4, -0.2) is 70.5 Å². The molecule has 0 radical (unpaired) electrons.